The fourth-order valence-corrected chi connectivity index (χ4v) is 2.78. The standard InChI is InChI=1S/C17H19ClFN3OS/c1-12(13-4-3-7-20-11-13)22(8-9-23-2)17(24)21-14-5-6-16(19)15(18)10-14/h3-7,10-12H,8-9H2,1-2H3,(H,21,24)/t12-/m1/s1. The van der Waals surface area contributed by atoms with Crippen molar-refractivity contribution in [3.8, 4) is 0 Å². The van der Waals surface area contributed by atoms with Gasteiger partial charge in [0.05, 0.1) is 17.7 Å². The second-order valence-corrected chi connectivity index (χ2v) is 6.00. The predicted molar refractivity (Wildman–Crippen MR) is 98.9 cm³/mol. The van der Waals surface area contributed by atoms with E-state index in [4.69, 9.17) is 28.6 Å². The molecule has 0 spiro atoms. The molecule has 1 aromatic carbocycles. The number of aromatic nitrogens is 1. The molecule has 0 amide bonds. The smallest absolute Gasteiger partial charge is 0.174 e. The zero-order valence-electron chi connectivity index (χ0n) is 13.5. The van der Waals surface area contributed by atoms with Crippen LogP contribution in [0, 0.1) is 5.82 Å². The van der Waals surface area contributed by atoms with Crippen molar-refractivity contribution in [2.24, 2.45) is 0 Å². The molecule has 0 fully saturated rings. The first-order valence-corrected chi connectivity index (χ1v) is 8.23. The molecule has 1 heterocycles. The highest BCUT2D eigenvalue weighted by atomic mass is 35.5. The van der Waals surface area contributed by atoms with Crippen LogP contribution in [0.3, 0.4) is 0 Å². The fourth-order valence-electron chi connectivity index (χ4n) is 2.23. The highest BCUT2D eigenvalue weighted by Gasteiger charge is 2.19. The Kier molecular flexibility index (Phi) is 6.90. The molecule has 7 heteroatoms. The van der Waals surface area contributed by atoms with E-state index in [0.29, 0.717) is 24.0 Å². The number of methoxy groups -OCH3 is 1. The van der Waals surface area contributed by atoms with E-state index in [1.165, 1.54) is 12.1 Å². The lowest BCUT2D eigenvalue weighted by Gasteiger charge is -2.32. The predicted octanol–water partition coefficient (Wildman–Crippen LogP) is 4.28. The average molecular weight is 368 g/mol. The molecule has 0 aliphatic rings. The quantitative estimate of drug-likeness (QED) is 0.771. The van der Waals surface area contributed by atoms with Crippen LogP contribution >= 0.6 is 23.8 Å². The Hall–Kier alpha value is -1.76. The van der Waals surface area contributed by atoms with Gasteiger partial charge in [-0.05, 0) is 49.0 Å². The van der Waals surface area contributed by atoms with Crippen LogP contribution in [0.4, 0.5) is 10.1 Å². The van der Waals surface area contributed by atoms with Crippen molar-refractivity contribution in [1.29, 1.82) is 0 Å². The normalized spacial score (nSPS) is 11.8. The van der Waals surface area contributed by atoms with Gasteiger partial charge in [0, 0.05) is 31.7 Å². The van der Waals surface area contributed by atoms with Crippen LogP contribution in [0.2, 0.25) is 5.02 Å². The van der Waals surface area contributed by atoms with Gasteiger partial charge in [0.2, 0.25) is 0 Å². The fraction of sp³-hybridized carbons (Fsp3) is 0.294. The van der Waals surface area contributed by atoms with E-state index < -0.39 is 5.82 Å². The largest absolute Gasteiger partial charge is 0.383 e. The van der Waals surface area contributed by atoms with Gasteiger partial charge >= 0.3 is 0 Å². The summed E-state index contributed by atoms with van der Waals surface area (Å²) < 4.78 is 18.5. The minimum Gasteiger partial charge on any atom is -0.383 e. The lowest BCUT2D eigenvalue weighted by Crippen LogP contribution is -2.39. The van der Waals surface area contributed by atoms with Crippen molar-refractivity contribution in [3.05, 3.63) is 59.1 Å². The Balaban J connectivity index is 2.16. The van der Waals surface area contributed by atoms with Crippen LogP contribution in [0.5, 0.6) is 0 Å². The lowest BCUT2D eigenvalue weighted by atomic mass is 10.1. The molecule has 0 aliphatic heterocycles. The first-order chi connectivity index (χ1) is 11.5. The summed E-state index contributed by atoms with van der Waals surface area (Å²) in [5.74, 6) is -0.465. The van der Waals surface area contributed by atoms with Crippen LogP contribution in [0.15, 0.2) is 42.7 Å². The molecule has 0 bridgehead atoms. The lowest BCUT2D eigenvalue weighted by molar-refractivity contribution is 0.165. The Morgan fingerprint density at radius 3 is 2.88 bits per heavy atom. The summed E-state index contributed by atoms with van der Waals surface area (Å²) in [4.78, 5) is 6.15. The first-order valence-electron chi connectivity index (χ1n) is 7.44. The summed E-state index contributed by atoms with van der Waals surface area (Å²) in [5, 5.41) is 3.65. The topological polar surface area (TPSA) is 37.4 Å². The molecule has 0 saturated carbocycles. The number of hydrogen-bond acceptors (Lipinski definition) is 3. The van der Waals surface area contributed by atoms with Gasteiger partial charge in [0.25, 0.3) is 0 Å². The van der Waals surface area contributed by atoms with Gasteiger partial charge in [0.15, 0.2) is 5.11 Å². The summed E-state index contributed by atoms with van der Waals surface area (Å²) in [6, 6.07) is 8.29. The number of anilines is 1. The van der Waals surface area contributed by atoms with Gasteiger partial charge < -0.3 is 15.0 Å². The Bertz CT molecular complexity index is 687. The van der Waals surface area contributed by atoms with Crippen molar-refractivity contribution in [1.82, 2.24) is 9.88 Å². The summed E-state index contributed by atoms with van der Waals surface area (Å²) in [5.41, 5.74) is 1.67. The molecule has 1 aromatic heterocycles. The highest BCUT2D eigenvalue weighted by molar-refractivity contribution is 7.80. The molecule has 0 aliphatic carbocycles. The number of thiocarbonyl (C=S) groups is 1. The average Bonchev–Trinajstić information content (AvgIpc) is 2.59. The Morgan fingerprint density at radius 1 is 1.46 bits per heavy atom. The Labute approximate surface area is 151 Å². The van der Waals surface area contributed by atoms with E-state index in [1.54, 1.807) is 19.4 Å². The number of halogens is 2. The molecule has 0 radical (unpaired) electrons. The van der Waals surface area contributed by atoms with Gasteiger partial charge in [-0.15, -0.1) is 0 Å². The van der Waals surface area contributed by atoms with Crippen LogP contribution in [-0.2, 0) is 4.74 Å². The zero-order chi connectivity index (χ0) is 17.5. The number of ether oxygens (including phenoxy) is 1. The first kappa shape index (κ1) is 18.6. The summed E-state index contributed by atoms with van der Waals surface area (Å²) in [6.07, 6.45) is 3.54. The molecule has 2 aromatic rings. The number of pyridine rings is 1. The van der Waals surface area contributed by atoms with Crippen molar-refractivity contribution >= 4 is 34.6 Å². The second kappa shape index (κ2) is 8.92. The van der Waals surface area contributed by atoms with Gasteiger partial charge in [-0.25, -0.2) is 4.39 Å². The van der Waals surface area contributed by atoms with E-state index in [1.807, 2.05) is 30.2 Å². The molecular formula is C17H19ClFN3OS. The molecule has 0 saturated heterocycles. The third-order valence-electron chi connectivity index (χ3n) is 3.60. The molecule has 2 rings (SSSR count). The van der Waals surface area contributed by atoms with Crippen molar-refractivity contribution in [2.75, 3.05) is 25.6 Å². The van der Waals surface area contributed by atoms with Crippen molar-refractivity contribution < 1.29 is 9.13 Å². The number of nitrogens with zero attached hydrogens (tertiary/aromatic N) is 2. The van der Waals surface area contributed by atoms with Crippen molar-refractivity contribution in [2.45, 2.75) is 13.0 Å². The van der Waals surface area contributed by atoms with Crippen LogP contribution in [0.1, 0.15) is 18.5 Å². The minimum absolute atomic E-state index is 0.00442. The number of nitrogens with one attached hydrogen (secondary N) is 1. The van der Waals surface area contributed by atoms with E-state index in [2.05, 4.69) is 10.3 Å². The number of benzene rings is 1. The van der Waals surface area contributed by atoms with Gasteiger partial charge in [0.1, 0.15) is 5.82 Å². The maximum atomic E-state index is 13.3. The molecule has 128 valence electrons. The van der Waals surface area contributed by atoms with Crippen molar-refractivity contribution in [3.63, 3.8) is 0 Å². The van der Waals surface area contributed by atoms with E-state index in [9.17, 15) is 4.39 Å². The van der Waals surface area contributed by atoms with Gasteiger partial charge in [-0.1, -0.05) is 17.7 Å². The summed E-state index contributed by atoms with van der Waals surface area (Å²) in [7, 11) is 1.64. The molecular weight excluding hydrogens is 349 g/mol. The van der Waals surface area contributed by atoms with Crippen LogP contribution < -0.4 is 5.32 Å². The molecule has 24 heavy (non-hydrogen) atoms. The maximum absolute atomic E-state index is 13.3. The highest BCUT2D eigenvalue weighted by Crippen LogP contribution is 2.23. The van der Waals surface area contributed by atoms with Crippen LogP contribution in [-0.4, -0.2) is 35.3 Å². The number of hydrogen-bond donors (Lipinski definition) is 1. The van der Waals surface area contributed by atoms with Gasteiger partial charge in [-0.3, -0.25) is 4.98 Å². The van der Waals surface area contributed by atoms with Crippen LogP contribution in [0.25, 0.3) is 0 Å². The molecule has 1 atom stereocenters. The monoisotopic (exact) mass is 367 g/mol. The maximum Gasteiger partial charge on any atom is 0.174 e. The third-order valence-corrected chi connectivity index (χ3v) is 4.23. The summed E-state index contributed by atoms with van der Waals surface area (Å²) >= 11 is 11.3. The molecule has 0 unspecified atom stereocenters. The second-order valence-electron chi connectivity index (χ2n) is 5.21. The van der Waals surface area contributed by atoms with E-state index >= 15 is 0 Å². The third kappa shape index (κ3) is 4.87. The number of rotatable bonds is 6. The van der Waals surface area contributed by atoms with E-state index in [-0.39, 0.29) is 11.1 Å². The summed E-state index contributed by atoms with van der Waals surface area (Å²) in [6.45, 7) is 3.17. The molecule has 1 N–H and O–H groups in total. The van der Waals surface area contributed by atoms with E-state index in [0.717, 1.165) is 5.56 Å². The zero-order valence-corrected chi connectivity index (χ0v) is 15.1. The SMILES string of the molecule is COCCN(C(=S)Nc1ccc(F)c(Cl)c1)[C@H](C)c1cccnc1. The van der Waals surface area contributed by atoms with Gasteiger partial charge in [-0.2, -0.15) is 0 Å². The Morgan fingerprint density at radius 2 is 2.25 bits per heavy atom. The molecule has 4 nitrogen and oxygen atoms in total. The minimum atomic E-state index is -0.465.